The van der Waals surface area contributed by atoms with Gasteiger partial charge in [-0.05, 0) is 30.5 Å². The van der Waals surface area contributed by atoms with Crippen molar-refractivity contribution >= 4 is 11.6 Å². The molecule has 1 atom stereocenters. The Morgan fingerprint density at radius 2 is 1.90 bits per heavy atom. The molecule has 1 aromatic carbocycles. The third kappa shape index (κ3) is 3.39. The highest BCUT2D eigenvalue weighted by atomic mass is 16.5. The Labute approximate surface area is 120 Å². The molecule has 0 aliphatic rings. The molecule has 1 N–H and O–H groups in total. The number of anilines is 2. The van der Waals surface area contributed by atoms with Crippen LogP contribution in [0, 0.1) is 0 Å². The van der Waals surface area contributed by atoms with Crippen molar-refractivity contribution in [2.24, 2.45) is 0 Å². The number of ether oxygens (including phenoxy) is 1. The molecule has 20 heavy (non-hydrogen) atoms. The van der Waals surface area contributed by atoms with Crippen molar-refractivity contribution in [2.75, 3.05) is 19.0 Å². The van der Waals surface area contributed by atoms with E-state index in [1.165, 1.54) is 5.56 Å². The summed E-state index contributed by atoms with van der Waals surface area (Å²) in [5.41, 5.74) is 2.39. The van der Waals surface area contributed by atoms with Gasteiger partial charge in [0, 0.05) is 25.2 Å². The van der Waals surface area contributed by atoms with Gasteiger partial charge in [-0.3, -0.25) is 0 Å². The Morgan fingerprint density at radius 1 is 1.20 bits per heavy atom. The molecule has 0 aliphatic heterocycles. The van der Waals surface area contributed by atoms with E-state index in [2.05, 4.69) is 59.9 Å². The number of benzene rings is 1. The van der Waals surface area contributed by atoms with Crippen molar-refractivity contribution in [1.29, 1.82) is 0 Å². The highest BCUT2D eigenvalue weighted by molar-refractivity contribution is 5.54. The van der Waals surface area contributed by atoms with Gasteiger partial charge in [-0.1, -0.05) is 26.0 Å². The Balaban J connectivity index is 2.12. The summed E-state index contributed by atoms with van der Waals surface area (Å²) in [5, 5.41) is 3.35. The molecule has 0 saturated heterocycles. The van der Waals surface area contributed by atoms with Crippen molar-refractivity contribution in [2.45, 2.75) is 32.7 Å². The van der Waals surface area contributed by atoms with E-state index in [4.69, 9.17) is 4.74 Å². The zero-order valence-corrected chi connectivity index (χ0v) is 12.6. The Morgan fingerprint density at radius 3 is 2.50 bits per heavy atom. The zero-order chi connectivity index (χ0) is 14.5. The number of hydrogen-bond donors (Lipinski definition) is 1. The van der Waals surface area contributed by atoms with Crippen LogP contribution >= 0.6 is 0 Å². The second kappa shape index (κ2) is 6.57. The average molecular weight is 273 g/mol. The predicted molar refractivity (Wildman–Crippen MR) is 82.6 cm³/mol. The first-order chi connectivity index (χ1) is 9.61. The van der Waals surface area contributed by atoms with Gasteiger partial charge in [0.1, 0.15) is 0 Å². The summed E-state index contributed by atoms with van der Waals surface area (Å²) in [5.74, 6) is 1.39. The van der Waals surface area contributed by atoms with Crippen molar-refractivity contribution in [1.82, 2.24) is 9.55 Å². The van der Waals surface area contributed by atoms with Crippen LogP contribution < -0.4 is 5.32 Å². The van der Waals surface area contributed by atoms with Gasteiger partial charge in [-0.2, -0.15) is 0 Å². The number of aromatic nitrogens is 2. The third-order valence-corrected chi connectivity index (χ3v) is 3.38. The summed E-state index contributed by atoms with van der Waals surface area (Å²) >= 11 is 0. The third-order valence-electron chi connectivity index (χ3n) is 3.38. The topological polar surface area (TPSA) is 39.1 Å². The minimum atomic E-state index is 0.250. The van der Waals surface area contributed by atoms with Gasteiger partial charge in [0.15, 0.2) is 0 Å². The molecule has 1 heterocycles. The van der Waals surface area contributed by atoms with Gasteiger partial charge in [0.2, 0.25) is 5.95 Å². The first-order valence-corrected chi connectivity index (χ1v) is 7.00. The number of nitrogens with zero attached hydrogens (tertiary/aromatic N) is 2. The monoisotopic (exact) mass is 273 g/mol. The van der Waals surface area contributed by atoms with E-state index in [9.17, 15) is 0 Å². The maximum absolute atomic E-state index is 5.20. The van der Waals surface area contributed by atoms with E-state index in [0.717, 1.165) is 11.6 Å². The number of rotatable bonds is 6. The van der Waals surface area contributed by atoms with Crippen LogP contribution in [-0.2, 0) is 4.74 Å². The van der Waals surface area contributed by atoms with Gasteiger partial charge in [0.25, 0.3) is 0 Å². The molecule has 108 valence electrons. The lowest BCUT2D eigenvalue weighted by molar-refractivity contribution is 0.163. The lowest BCUT2D eigenvalue weighted by atomic mass is 10.0. The summed E-state index contributed by atoms with van der Waals surface area (Å²) in [6.45, 7) is 7.17. The van der Waals surface area contributed by atoms with E-state index in [0.29, 0.717) is 12.5 Å². The standard InChI is InChI=1S/C16H23N3O/c1-12(2)14-5-7-15(8-6-14)18-16-17-9-10-19(16)13(3)11-20-4/h5-10,12-13H,11H2,1-4H3,(H,17,18). The molecule has 1 aromatic heterocycles. The first-order valence-electron chi connectivity index (χ1n) is 7.00. The highest BCUT2D eigenvalue weighted by Gasteiger charge is 2.10. The van der Waals surface area contributed by atoms with Crippen LogP contribution in [-0.4, -0.2) is 23.3 Å². The molecule has 0 bridgehead atoms. The molecule has 0 fully saturated rings. The Kier molecular flexibility index (Phi) is 4.79. The summed E-state index contributed by atoms with van der Waals surface area (Å²) < 4.78 is 7.28. The van der Waals surface area contributed by atoms with Gasteiger partial charge >= 0.3 is 0 Å². The maximum atomic E-state index is 5.20. The maximum Gasteiger partial charge on any atom is 0.207 e. The van der Waals surface area contributed by atoms with Crippen molar-refractivity contribution in [3.63, 3.8) is 0 Å². The fraction of sp³-hybridized carbons (Fsp3) is 0.438. The zero-order valence-electron chi connectivity index (χ0n) is 12.6. The number of methoxy groups -OCH3 is 1. The highest BCUT2D eigenvalue weighted by Crippen LogP contribution is 2.21. The van der Waals surface area contributed by atoms with E-state index >= 15 is 0 Å². The fourth-order valence-corrected chi connectivity index (χ4v) is 2.17. The van der Waals surface area contributed by atoms with E-state index in [-0.39, 0.29) is 6.04 Å². The normalized spacial score (nSPS) is 12.7. The molecular formula is C16H23N3O. The van der Waals surface area contributed by atoms with Crippen molar-refractivity contribution < 1.29 is 4.74 Å². The second-order valence-electron chi connectivity index (χ2n) is 5.36. The van der Waals surface area contributed by atoms with Gasteiger partial charge < -0.3 is 14.6 Å². The van der Waals surface area contributed by atoms with Crippen LogP contribution in [0.3, 0.4) is 0 Å². The molecule has 0 amide bonds. The van der Waals surface area contributed by atoms with Crippen LogP contribution in [0.4, 0.5) is 11.6 Å². The number of nitrogens with one attached hydrogen (secondary N) is 1. The number of imidazole rings is 1. The minimum Gasteiger partial charge on any atom is -0.383 e. The summed E-state index contributed by atoms with van der Waals surface area (Å²) in [4.78, 5) is 4.37. The molecule has 0 saturated carbocycles. The average Bonchev–Trinajstić information content (AvgIpc) is 2.88. The fourth-order valence-electron chi connectivity index (χ4n) is 2.17. The molecular weight excluding hydrogens is 250 g/mol. The molecule has 2 rings (SSSR count). The van der Waals surface area contributed by atoms with Crippen molar-refractivity contribution in [3.05, 3.63) is 42.2 Å². The number of hydrogen-bond acceptors (Lipinski definition) is 3. The minimum absolute atomic E-state index is 0.250. The lowest BCUT2D eigenvalue weighted by Gasteiger charge is -2.16. The van der Waals surface area contributed by atoms with E-state index < -0.39 is 0 Å². The molecule has 2 aromatic rings. The molecule has 0 aliphatic carbocycles. The van der Waals surface area contributed by atoms with Crippen LogP contribution in [0.5, 0.6) is 0 Å². The van der Waals surface area contributed by atoms with Gasteiger partial charge in [0.05, 0.1) is 12.6 Å². The largest absolute Gasteiger partial charge is 0.383 e. The van der Waals surface area contributed by atoms with Crippen LogP contribution in [0.15, 0.2) is 36.7 Å². The molecule has 4 heteroatoms. The first kappa shape index (κ1) is 14.6. The van der Waals surface area contributed by atoms with Crippen molar-refractivity contribution in [3.8, 4) is 0 Å². The Hall–Kier alpha value is -1.81. The van der Waals surface area contributed by atoms with Gasteiger partial charge in [-0.25, -0.2) is 4.98 Å². The Bertz CT molecular complexity index is 531. The second-order valence-corrected chi connectivity index (χ2v) is 5.36. The molecule has 4 nitrogen and oxygen atoms in total. The summed E-state index contributed by atoms with van der Waals surface area (Å²) in [6, 6.07) is 8.74. The van der Waals surface area contributed by atoms with Crippen LogP contribution in [0.25, 0.3) is 0 Å². The van der Waals surface area contributed by atoms with Crippen LogP contribution in [0.2, 0.25) is 0 Å². The smallest absolute Gasteiger partial charge is 0.207 e. The van der Waals surface area contributed by atoms with Gasteiger partial charge in [-0.15, -0.1) is 0 Å². The molecule has 0 radical (unpaired) electrons. The SMILES string of the molecule is COCC(C)n1ccnc1Nc1ccc(C(C)C)cc1. The molecule has 0 spiro atoms. The lowest BCUT2D eigenvalue weighted by Crippen LogP contribution is -2.12. The summed E-state index contributed by atoms with van der Waals surface area (Å²) in [7, 11) is 1.71. The summed E-state index contributed by atoms with van der Waals surface area (Å²) in [6.07, 6.45) is 3.77. The van der Waals surface area contributed by atoms with E-state index in [1.54, 1.807) is 13.3 Å². The van der Waals surface area contributed by atoms with Crippen LogP contribution in [0.1, 0.15) is 38.3 Å². The quantitative estimate of drug-likeness (QED) is 0.866. The molecule has 1 unspecified atom stereocenters. The predicted octanol–water partition coefficient (Wildman–Crippen LogP) is 3.96. The van der Waals surface area contributed by atoms with E-state index in [1.807, 2.05) is 6.20 Å².